The number of alkyl carbamates (subject to hydrolysis) is 1. The standard InChI is InChI=1S/C18H19NO4/c1-13(15-8-10-16(11-9-15)17(20)22-2)19-18(21)23-12-14-6-4-3-5-7-14/h3-11,13H,12H2,1-2H3,(H,19,21). The quantitative estimate of drug-likeness (QED) is 0.859. The van der Waals surface area contributed by atoms with E-state index in [1.807, 2.05) is 37.3 Å². The van der Waals surface area contributed by atoms with Gasteiger partial charge in [-0.3, -0.25) is 0 Å². The third-order valence-corrected chi connectivity index (χ3v) is 3.38. The molecular weight excluding hydrogens is 294 g/mol. The molecule has 120 valence electrons. The molecule has 0 radical (unpaired) electrons. The summed E-state index contributed by atoms with van der Waals surface area (Å²) in [5.41, 5.74) is 2.27. The van der Waals surface area contributed by atoms with E-state index in [1.165, 1.54) is 7.11 Å². The second-order valence-corrected chi connectivity index (χ2v) is 5.04. The SMILES string of the molecule is COC(=O)c1ccc(C(C)NC(=O)OCc2ccccc2)cc1. The maximum Gasteiger partial charge on any atom is 0.407 e. The van der Waals surface area contributed by atoms with E-state index in [-0.39, 0.29) is 18.6 Å². The molecule has 0 bridgehead atoms. The lowest BCUT2D eigenvalue weighted by molar-refractivity contribution is 0.0600. The van der Waals surface area contributed by atoms with Crippen molar-refractivity contribution in [3.8, 4) is 0 Å². The van der Waals surface area contributed by atoms with E-state index in [0.717, 1.165) is 11.1 Å². The lowest BCUT2D eigenvalue weighted by Crippen LogP contribution is -2.27. The Morgan fingerprint density at radius 2 is 1.70 bits per heavy atom. The third-order valence-electron chi connectivity index (χ3n) is 3.38. The first-order chi connectivity index (χ1) is 11.1. The Morgan fingerprint density at radius 3 is 2.30 bits per heavy atom. The first-order valence-electron chi connectivity index (χ1n) is 7.25. The van der Waals surface area contributed by atoms with Crippen LogP contribution >= 0.6 is 0 Å². The zero-order chi connectivity index (χ0) is 16.7. The molecule has 1 amide bonds. The number of esters is 1. The summed E-state index contributed by atoms with van der Waals surface area (Å²) in [7, 11) is 1.34. The molecular formula is C18H19NO4. The highest BCUT2D eigenvalue weighted by Crippen LogP contribution is 2.14. The van der Waals surface area contributed by atoms with Gasteiger partial charge in [-0.1, -0.05) is 42.5 Å². The highest BCUT2D eigenvalue weighted by Gasteiger charge is 2.12. The fourth-order valence-electron chi connectivity index (χ4n) is 2.05. The minimum atomic E-state index is -0.488. The average molecular weight is 313 g/mol. The molecule has 2 rings (SSSR count). The molecule has 2 aromatic carbocycles. The molecule has 0 fully saturated rings. The van der Waals surface area contributed by atoms with E-state index in [9.17, 15) is 9.59 Å². The predicted octanol–water partition coefficient (Wildman–Crippen LogP) is 3.46. The molecule has 1 N–H and O–H groups in total. The normalized spacial score (nSPS) is 11.4. The van der Waals surface area contributed by atoms with Gasteiger partial charge < -0.3 is 14.8 Å². The molecule has 5 nitrogen and oxygen atoms in total. The molecule has 0 aliphatic rings. The van der Waals surface area contributed by atoms with E-state index in [2.05, 4.69) is 10.1 Å². The number of hydrogen-bond donors (Lipinski definition) is 1. The molecule has 5 heteroatoms. The van der Waals surface area contributed by atoms with Crippen molar-refractivity contribution < 1.29 is 19.1 Å². The van der Waals surface area contributed by atoms with Gasteiger partial charge in [-0.05, 0) is 30.2 Å². The van der Waals surface area contributed by atoms with Crippen molar-refractivity contribution in [2.45, 2.75) is 19.6 Å². The lowest BCUT2D eigenvalue weighted by atomic mass is 10.1. The van der Waals surface area contributed by atoms with Crippen LogP contribution in [0.2, 0.25) is 0 Å². The van der Waals surface area contributed by atoms with Crippen LogP contribution in [-0.2, 0) is 16.1 Å². The number of carbonyl (C=O) groups is 2. The van der Waals surface area contributed by atoms with Gasteiger partial charge in [0.05, 0.1) is 18.7 Å². The molecule has 0 aromatic heterocycles. The number of ether oxygens (including phenoxy) is 2. The average Bonchev–Trinajstić information content (AvgIpc) is 2.60. The first kappa shape index (κ1) is 16.5. The van der Waals surface area contributed by atoms with Gasteiger partial charge in [-0.25, -0.2) is 9.59 Å². The van der Waals surface area contributed by atoms with E-state index >= 15 is 0 Å². The van der Waals surface area contributed by atoms with Gasteiger partial charge >= 0.3 is 12.1 Å². The number of amides is 1. The topological polar surface area (TPSA) is 64.6 Å². The number of methoxy groups -OCH3 is 1. The third kappa shape index (κ3) is 4.85. The van der Waals surface area contributed by atoms with Crippen LogP contribution in [0.5, 0.6) is 0 Å². The Kier molecular flexibility index (Phi) is 5.74. The van der Waals surface area contributed by atoms with Gasteiger partial charge in [-0.2, -0.15) is 0 Å². The van der Waals surface area contributed by atoms with Crippen LogP contribution < -0.4 is 5.32 Å². The smallest absolute Gasteiger partial charge is 0.407 e. The Bertz CT molecular complexity index is 652. The summed E-state index contributed by atoms with van der Waals surface area (Å²) in [6.45, 7) is 2.07. The van der Waals surface area contributed by atoms with E-state index in [1.54, 1.807) is 24.3 Å². The van der Waals surface area contributed by atoms with E-state index in [0.29, 0.717) is 5.56 Å². The Labute approximate surface area is 135 Å². The molecule has 0 heterocycles. The van der Waals surface area contributed by atoms with E-state index in [4.69, 9.17) is 4.74 Å². The Hall–Kier alpha value is -2.82. The highest BCUT2D eigenvalue weighted by atomic mass is 16.5. The van der Waals surface area contributed by atoms with Crippen LogP contribution in [0.4, 0.5) is 4.79 Å². The first-order valence-corrected chi connectivity index (χ1v) is 7.25. The van der Waals surface area contributed by atoms with Crippen molar-refractivity contribution in [3.63, 3.8) is 0 Å². The van der Waals surface area contributed by atoms with Gasteiger partial charge in [0.15, 0.2) is 0 Å². The van der Waals surface area contributed by atoms with Crippen LogP contribution in [-0.4, -0.2) is 19.2 Å². The minimum absolute atomic E-state index is 0.223. The summed E-state index contributed by atoms with van der Waals surface area (Å²) in [4.78, 5) is 23.2. The van der Waals surface area contributed by atoms with Crippen molar-refractivity contribution in [2.24, 2.45) is 0 Å². The Balaban J connectivity index is 1.87. The number of hydrogen-bond acceptors (Lipinski definition) is 4. The van der Waals surface area contributed by atoms with Gasteiger partial charge in [0.25, 0.3) is 0 Å². The fraction of sp³-hybridized carbons (Fsp3) is 0.222. The number of benzene rings is 2. The lowest BCUT2D eigenvalue weighted by Gasteiger charge is -2.14. The molecule has 23 heavy (non-hydrogen) atoms. The molecule has 0 saturated carbocycles. The van der Waals surface area contributed by atoms with Gasteiger partial charge in [0.2, 0.25) is 0 Å². The summed E-state index contributed by atoms with van der Waals surface area (Å²) in [6, 6.07) is 16.1. The monoisotopic (exact) mass is 313 g/mol. The van der Waals surface area contributed by atoms with Crippen LogP contribution in [0.1, 0.15) is 34.5 Å². The van der Waals surface area contributed by atoms with Crippen LogP contribution in [0.15, 0.2) is 54.6 Å². The summed E-state index contributed by atoms with van der Waals surface area (Å²) in [5, 5.41) is 2.75. The summed E-state index contributed by atoms with van der Waals surface area (Å²) >= 11 is 0. The van der Waals surface area contributed by atoms with Crippen molar-refractivity contribution >= 4 is 12.1 Å². The molecule has 0 aliphatic heterocycles. The second kappa shape index (κ2) is 7.98. The largest absolute Gasteiger partial charge is 0.465 e. The number of carbonyl (C=O) groups excluding carboxylic acids is 2. The van der Waals surface area contributed by atoms with Crippen LogP contribution in [0, 0.1) is 0 Å². The minimum Gasteiger partial charge on any atom is -0.465 e. The van der Waals surface area contributed by atoms with E-state index < -0.39 is 6.09 Å². The summed E-state index contributed by atoms with van der Waals surface area (Å²) < 4.78 is 9.82. The maximum atomic E-state index is 11.8. The van der Waals surface area contributed by atoms with Crippen LogP contribution in [0.25, 0.3) is 0 Å². The molecule has 0 spiro atoms. The fourth-order valence-corrected chi connectivity index (χ4v) is 2.05. The van der Waals surface area contributed by atoms with Crippen molar-refractivity contribution in [3.05, 3.63) is 71.3 Å². The van der Waals surface area contributed by atoms with Crippen molar-refractivity contribution in [1.29, 1.82) is 0 Å². The zero-order valence-electron chi connectivity index (χ0n) is 13.1. The molecule has 2 aromatic rings. The van der Waals surface area contributed by atoms with Crippen LogP contribution in [0.3, 0.4) is 0 Å². The highest BCUT2D eigenvalue weighted by molar-refractivity contribution is 5.89. The molecule has 1 atom stereocenters. The van der Waals surface area contributed by atoms with Crippen molar-refractivity contribution in [2.75, 3.05) is 7.11 Å². The number of nitrogens with one attached hydrogen (secondary N) is 1. The predicted molar refractivity (Wildman–Crippen MR) is 86.0 cm³/mol. The summed E-state index contributed by atoms with van der Waals surface area (Å²) in [5.74, 6) is -0.389. The summed E-state index contributed by atoms with van der Waals surface area (Å²) in [6.07, 6.45) is -0.488. The molecule has 0 aliphatic carbocycles. The van der Waals surface area contributed by atoms with Gasteiger partial charge in [-0.15, -0.1) is 0 Å². The zero-order valence-corrected chi connectivity index (χ0v) is 13.1. The van der Waals surface area contributed by atoms with Gasteiger partial charge in [0, 0.05) is 0 Å². The Morgan fingerprint density at radius 1 is 1.04 bits per heavy atom. The second-order valence-electron chi connectivity index (χ2n) is 5.04. The maximum absolute atomic E-state index is 11.8. The van der Waals surface area contributed by atoms with Crippen molar-refractivity contribution in [1.82, 2.24) is 5.32 Å². The molecule has 1 unspecified atom stereocenters. The number of rotatable bonds is 5. The van der Waals surface area contributed by atoms with Gasteiger partial charge in [0.1, 0.15) is 6.61 Å². The molecule has 0 saturated heterocycles.